The van der Waals surface area contributed by atoms with Crippen LogP contribution < -0.4 is 11.1 Å². The van der Waals surface area contributed by atoms with Crippen molar-refractivity contribution in [1.29, 1.82) is 0 Å². The molecule has 0 aliphatic heterocycles. The molecule has 0 spiro atoms. The maximum absolute atomic E-state index is 10.9. The van der Waals surface area contributed by atoms with Crippen LogP contribution in [0.4, 0.5) is 11.4 Å². The van der Waals surface area contributed by atoms with Gasteiger partial charge in [0, 0.05) is 24.8 Å². The Morgan fingerprint density at radius 3 is 2.94 bits per heavy atom. The maximum atomic E-state index is 10.9. The van der Waals surface area contributed by atoms with Gasteiger partial charge in [-0.25, -0.2) is 0 Å². The smallest absolute Gasteiger partial charge is 0.278 e. The average Bonchev–Trinajstić information content (AvgIpc) is 2.35. The van der Waals surface area contributed by atoms with Gasteiger partial charge in [-0.3, -0.25) is 15.1 Å². The molecule has 0 radical (unpaired) electrons. The van der Waals surface area contributed by atoms with E-state index in [0.717, 1.165) is 5.69 Å². The summed E-state index contributed by atoms with van der Waals surface area (Å²) in [5, 5.41) is 14.6. The molecule has 2 rings (SSSR count). The number of nitro benzene ring substituents is 1. The van der Waals surface area contributed by atoms with Crippen LogP contribution in [0.5, 0.6) is 0 Å². The number of nitro groups is 1. The van der Waals surface area contributed by atoms with Crippen LogP contribution in [0.15, 0.2) is 30.5 Å². The summed E-state index contributed by atoms with van der Waals surface area (Å²) in [7, 11) is 0. The molecule has 0 bridgehead atoms. The van der Waals surface area contributed by atoms with Crippen molar-refractivity contribution in [3.63, 3.8) is 0 Å². The van der Waals surface area contributed by atoms with E-state index in [1.54, 1.807) is 24.4 Å². The van der Waals surface area contributed by atoms with Gasteiger partial charge in [-0.05, 0) is 25.1 Å². The van der Waals surface area contributed by atoms with Gasteiger partial charge in [-0.2, -0.15) is 0 Å². The molecular formula is C12H14N4O2. The Kier molecular flexibility index (Phi) is 3.38. The summed E-state index contributed by atoms with van der Waals surface area (Å²) in [4.78, 5) is 14.7. The number of hydrogen-bond acceptors (Lipinski definition) is 5. The molecule has 0 aliphatic rings. The molecule has 2 aromatic rings. The fourth-order valence-electron chi connectivity index (χ4n) is 1.73. The molecule has 1 atom stereocenters. The van der Waals surface area contributed by atoms with Crippen molar-refractivity contribution >= 4 is 22.3 Å². The van der Waals surface area contributed by atoms with Gasteiger partial charge in [0.25, 0.3) is 5.69 Å². The maximum Gasteiger partial charge on any atom is 0.278 e. The first-order chi connectivity index (χ1) is 8.59. The van der Waals surface area contributed by atoms with E-state index in [1.165, 1.54) is 6.07 Å². The molecule has 6 heteroatoms. The number of non-ortho nitro benzene ring substituents is 1. The lowest BCUT2D eigenvalue weighted by molar-refractivity contribution is -0.383. The molecule has 0 fully saturated rings. The zero-order valence-corrected chi connectivity index (χ0v) is 9.96. The molecule has 0 saturated carbocycles. The largest absolute Gasteiger partial charge is 0.382 e. The summed E-state index contributed by atoms with van der Waals surface area (Å²) in [6, 6.07) is 6.52. The second-order valence-electron chi connectivity index (χ2n) is 4.15. The summed E-state index contributed by atoms with van der Waals surface area (Å²) < 4.78 is 0. The highest BCUT2D eigenvalue weighted by atomic mass is 16.6. The summed E-state index contributed by atoms with van der Waals surface area (Å²) in [5.74, 6) is 0. The Bertz CT molecular complexity index is 583. The van der Waals surface area contributed by atoms with Crippen molar-refractivity contribution in [3.05, 3.63) is 40.6 Å². The number of aromatic nitrogens is 1. The molecule has 1 heterocycles. The molecule has 6 nitrogen and oxygen atoms in total. The highest BCUT2D eigenvalue weighted by Crippen LogP contribution is 2.29. The van der Waals surface area contributed by atoms with E-state index in [4.69, 9.17) is 5.73 Å². The molecular weight excluding hydrogens is 232 g/mol. The van der Waals surface area contributed by atoms with Crippen molar-refractivity contribution < 1.29 is 4.92 Å². The quantitative estimate of drug-likeness (QED) is 0.634. The minimum Gasteiger partial charge on any atom is -0.382 e. The fraction of sp³-hybridized carbons (Fsp3) is 0.250. The number of hydrogen-bond donors (Lipinski definition) is 2. The summed E-state index contributed by atoms with van der Waals surface area (Å²) in [6.45, 7) is 2.47. The number of fused-ring (bicyclic) bond motifs is 1. The van der Waals surface area contributed by atoms with Gasteiger partial charge in [0.1, 0.15) is 5.52 Å². The number of nitrogens with two attached hydrogens (primary N) is 1. The Morgan fingerprint density at radius 1 is 1.50 bits per heavy atom. The number of nitrogens with one attached hydrogen (secondary N) is 1. The monoisotopic (exact) mass is 246 g/mol. The van der Waals surface area contributed by atoms with E-state index in [1.807, 2.05) is 6.92 Å². The Hall–Kier alpha value is -2.21. The van der Waals surface area contributed by atoms with Gasteiger partial charge in [-0.15, -0.1) is 0 Å². The fourth-order valence-corrected chi connectivity index (χ4v) is 1.73. The van der Waals surface area contributed by atoms with Crippen LogP contribution in [0.3, 0.4) is 0 Å². The van der Waals surface area contributed by atoms with Crippen LogP contribution in [0.2, 0.25) is 0 Å². The highest BCUT2D eigenvalue weighted by molar-refractivity contribution is 5.96. The molecule has 0 amide bonds. The summed E-state index contributed by atoms with van der Waals surface area (Å²) in [6.07, 6.45) is 1.61. The number of anilines is 1. The predicted molar refractivity (Wildman–Crippen MR) is 70.5 cm³/mol. The molecule has 1 aromatic carbocycles. The van der Waals surface area contributed by atoms with Gasteiger partial charge in [0.15, 0.2) is 0 Å². The van der Waals surface area contributed by atoms with Gasteiger partial charge < -0.3 is 11.1 Å². The second-order valence-corrected chi connectivity index (χ2v) is 4.15. The van der Waals surface area contributed by atoms with Gasteiger partial charge in [0.05, 0.1) is 16.0 Å². The van der Waals surface area contributed by atoms with Crippen LogP contribution >= 0.6 is 0 Å². The lowest BCUT2D eigenvalue weighted by atomic mass is 10.1. The Labute approximate surface area is 104 Å². The molecule has 3 N–H and O–H groups in total. The lowest BCUT2D eigenvalue weighted by Crippen LogP contribution is -2.25. The van der Waals surface area contributed by atoms with Crippen molar-refractivity contribution in [2.24, 2.45) is 5.73 Å². The zero-order chi connectivity index (χ0) is 13.1. The van der Waals surface area contributed by atoms with E-state index >= 15 is 0 Å². The number of nitrogens with zero attached hydrogens (tertiary/aromatic N) is 2. The van der Waals surface area contributed by atoms with E-state index in [2.05, 4.69) is 10.3 Å². The van der Waals surface area contributed by atoms with Crippen LogP contribution in [-0.2, 0) is 0 Å². The van der Waals surface area contributed by atoms with Gasteiger partial charge in [-0.1, -0.05) is 0 Å². The minimum atomic E-state index is -0.403. The van der Waals surface area contributed by atoms with Crippen molar-refractivity contribution in [2.75, 3.05) is 11.9 Å². The first kappa shape index (κ1) is 12.3. The molecule has 0 aliphatic carbocycles. The SMILES string of the molecule is C[C@H](N)CNc1ccc([N+](=O)[O-])c2cccnc12. The lowest BCUT2D eigenvalue weighted by Gasteiger charge is -2.11. The van der Waals surface area contributed by atoms with Crippen LogP contribution in [-0.4, -0.2) is 22.5 Å². The third-order valence-electron chi connectivity index (χ3n) is 2.56. The van der Waals surface area contributed by atoms with Crippen LogP contribution in [0, 0.1) is 10.1 Å². The first-order valence-corrected chi connectivity index (χ1v) is 5.61. The second kappa shape index (κ2) is 4.97. The normalized spacial score (nSPS) is 12.3. The molecule has 18 heavy (non-hydrogen) atoms. The molecule has 94 valence electrons. The van der Waals surface area contributed by atoms with Crippen molar-refractivity contribution in [1.82, 2.24) is 4.98 Å². The van der Waals surface area contributed by atoms with Crippen molar-refractivity contribution in [3.8, 4) is 0 Å². The van der Waals surface area contributed by atoms with E-state index in [0.29, 0.717) is 17.4 Å². The van der Waals surface area contributed by atoms with Crippen LogP contribution in [0.25, 0.3) is 10.9 Å². The third kappa shape index (κ3) is 2.38. The average molecular weight is 246 g/mol. The minimum absolute atomic E-state index is 0.000968. The van der Waals surface area contributed by atoms with Gasteiger partial charge >= 0.3 is 0 Å². The zero-order valence-electron chi connectivity index (χ0n) is 9.96. The highest BCUT2D eigenvalue weighted by Gasteiger charge is 2.14. The summed E-state index contributed by atoms with van der Waals surface area (Å²) in [5.41, 5.74) is 7.08. The Morgan fingerprint density at radius 2 is 2.28 bits per heavy atom. The Balaban J connectivity index is 2.50. The van der Waals surface area contributed by atoms with E-state index in [-0.39, 0.29) is 11.7 Å². The predicted octanol–water partition coefficient (Wildman–Crippen LogP) is 1.90. The standard InChI is InChI=1S/C12H14N4O2/c1-8(13)7-15-10-4-5-11(16(17)18)9-3-2-6-14-12(9)10/h2-6,8,15H,7,13H2,1H3/t8-/m0/s1. The topological polar surface area (TPSA) is 94.1 Å². The van der Waals surface area contributed by atoms with E-state index < -0.39 is 4.92 Å². The number of pyridine rings is 1. The van der Waals surface area contributed by atoms with E-state index in [9.17, 15) is 10.1 Å². The van der Waals surface area contributed by atoms with Gasteiger partial charge in [0.2, 0.25) is 0 Å². The molecule has 1 aromatic heterocycles. The third-order valence-corrected chi connectivity index (χ3v) is 2.56. The first-order valence-electron chi connectivity index (χ1n) is 5.61. The van der Waals surface area contributed by atoms with Crippen LogP contribution in [0.1, 0.15) is 6.92 Å². The van der Waals surface area contributed by atoms with Crippen molar-refractivity contribution in [2.45, 2.75) is 13.0 Å². The number of benzene rings is 1. The molecule has 0 saturated heterocycles. The number of rotatable bonds is 4. The summed E-state index contributed by atoms with van der Waals surface area (Å²) >= 11 is 0. The molecule has 0 unspecified atom stereocenters.